The van der Waals surface area contributed by atoms with E-state index in [-0.39, 0.29) is 11.2 Å². The van der Waals surface area contributed by atoms with E-state index >= 15 is 0 Å². The van der Waals surface area contributed by atoms with Gasteiger partial charge in [-0.2, -0.15) is 5.26 Å². The molecular weight excluding hydrogens is 293 g/mol. The molecule has 0 aliphatic heterocycles. The molecule has 1 aliphatic rings. The van der Waals surface area contributed by atoms with Crippen molar-refractivity contribution in [2.24, 2.45) is 5.41 Å². The van der Waals surface area contributed by atoms with Crippen molar-refractivity contribution in [1.29, 1.82) is 5.26 Å². The Balaban J connectivity index is 2.24. The molecule has 1 aromatic rings. The van der Waals surface area contributed by atoms with Gasteiger partial charge < -0.3 is 0 Å². The van der Waals surface area contributed by atoms with E-state index in [0.29, 0.717) is 6.42 Å². The molecule has 2 rings (SSSR count). The standard InChI is InChI=1S/C15H17BrFN/c16-14-6-5-13(17)9-12(14)10-15(11-18)7-3-1-2-4-8-15/h5-6,9H,1-4,7-8,10H2. The van der Waals surface area contributed by atoms with E-state index in [0.717, 1.165) is 35.7 Å². The first-order valence-electron chi connectivity index (χ1n) is 6.50. The van der Waals surface area contributed by atoms with E-state index < -0.39 is 0 Å². The number of rotatable bonds is 2. The maximum atomic E-state index is 13.3. The van der Waals surface area contributed by atoms with Crippen molar-refractivity contribution in [2.45, 2.75) is 44.9 Å². The van der Waals surface area contributed by atoms with Gasteiger partial charge in [0.1, 0.15) is 5.82 Å². The highest BCUT2D eigenvalue weighted by Crippen LogP contribution is 2.39. The molecule has 0 atom stereocenters. The summed E-state index contributed by atoms with van der Waals surface area (Å²) in [5.41, 5.74) is 0.616. The fourth-order valence-corrected chi connectivity index (χ4v) is 3.16. The minimum atomic E-state index is -0.299. The second kappa shape index (κ2) is 5.84. The normalized spacial score (nSPS) is 18.9. The number of hydrogen-bond donors (Lipinski definition) is 0. The predicted molar refractivity (Wildman–Crippen MR) is 73.6 cm³/mol. The van der Waals surface area contributed by atoms with Gasteiger partial charge in [-0.3, -0.25) is 0 Å². The summed E-state index contributed by atoms with van der Waals surface area (Å²) in [4.78, 5) is 0. The molecule has 1 fully saturated rings. The summed E-state index contributed by atoms with van der Waals surface area (Å²) in [5.74, 6) is -0.227. The third kappa shape index (κ3) is 3.11. The first kappa shape index (κ1) is 13.5. The second-order valence-corrected chi connectivity index (χ2v) is 6.07. The van der Waals surface area contributed by atoms with Crippen LogP contribution in [0.1, 0.15) is 44.1 Å². The Kier molecular flexibility index (Phi) is 4.40. The van der Waals surface area contributed by atoms with E-state index in [4.69, 9.17) is 0 Å². The van der Waals surface area contributed by atoms with Crippen LogP contribution in [0.2, 0.25) is 0 Å². The molecule has 0 saturated heterocycles. The zero-order chi connectivity index (χ0) is 13.0. The van der Waals surface area contributed by atoms with Crippen LogP contribution >= 0.6 is 15.9 Å². The first-order valence-corrected chi connectivity index (χ1v) is 7.30. The third-order valence-corrected chi connectivity index (χ3v) is 4.61. The summed E-state index contributed by atoms with van der Waals surface area (Å²) in [5, 5.41) is 9.53. The fourth-order valence-electron chi connectivity index (χ4n) is 2.78. The molecule has 0 spiro atoms. The molecule has 0 bridgehead atoms. The van der Waals surface area contributed by atoms with Gasteiger partial charge in [0.2, 0.25) is 0 Å². The average Bonchev–Trinajstić information content (AvgIpc) is 2.60. The van der Waals surface area contributed by atoms with Gasteiger partial charge in [0.05, 0.1) is 11.5 Å². The fraction of sp³-hybridized carbons (Fsp3) is 0.533. The largest absolute Gasteiger partial charge is 0.207 e. The van der Waals surface area contributed by atoms with Gasteiger partial charge in [0.25, 0.3) is 0 Å². The minimum Gasteiger partial charge on any atom is -0.207 e. The van der Waals surface area contributed by atoms with Crippen LogP contribution in [0, 0.1) is 22.6 Å². The van der Waals surface area contributed by atoms with Crippen LogP contribution in [0.4, 0.5) is 4.39 Å². The van der Waals surface area contributed by atoms with Crippen molar-refractivity contribution in [2.75, 3.05) is 0 Å². The predicted octanol–water partition coefficient (Wildman–Crippen LogP) is 4.99. The van der Waals surface area contributed by atoms with Crippen LogP contribution < -0.4 is 0 Å². The zero-order valence-corrected chi connectivity index (χ0v) is 12.0. The van der Waals surface area contributed by atoms with Gasteiger partial charge >= 0.3 is 0 Å². The Morgan fingerprint density at radius 2 is 1.89 bits per heavy atom. The molecule has 1 aromatic carbocycles. The van der Waals surface area contributed by atoms with E-state index in [2.05, 4.69) is 22.0 Å². The van der Waals surface area contributed by atoms with Gasteiger partial charge in [0.15, 0.2) is 0 Å². The topological polar surface area (TPSA) is 23.8 Å². The van der Waals surface area contributed by atoms with E-state index in [9.17, 15) is 9.65 Å². The molecule has 0 aromatic heterocycles. The van der Waals surface area contributed by atoms with Crippen molar-refractivity contribution in [3.8, 4) is 6.07 Å². The number of halogens is 2. The second-order valence-electron chi connectivity index (χ2n) is 5.22. The summed E-state index contributed by atoms with van der Waals surface area (Å²) in [6.45, 7) is 0. The van der Waals surface area contributed by atoms with Gasteiger partial charge in [-0.1, -0.05) is 41.6 Å². The quantitative estimate of drug-likeness (QED) is 0.706. The van der Waals surface area contributed by atoms with Crippen molar-refractivity contribution >= 4 is 15.9 Å². The van der Waals surface area contributed by atoms with Gasteiger partial charge in [0, 0.05) is 4.47 Å². The molecule has 0 heterocycles. The molecule has 1 aliphatic carbocycles. The molecular formula is C15H17BrFN. The molecule has 18 heavy (non-hydrogen) atoms. The summed E-state index contributed by atoms with van der Waals surface area (Å²) in [6, 6.07) is 7.23. The van der Waals surface area contributed by atoms with Gasteiger partial charge in [-0.05, 0) is 43.0 Å². The van der Waals surface area contributed by atoms with Crippen molar-refractivity contribution in [3.63, 3.8) is 0 Å². The Labute approximate surface area is 116 Å². The molecule has 1 saturated carbocycles. The van der Waals surface area contributed by atoms with Gasteiger partial charge in [-0.25, -0.2) is 4.39 Å². The van der Waals surface area contributed by atoms with Crippen LogP contribution in [-0.2, 0) is 6.42 Å². The summed E-state index contributed by atoms with van der Waals surface area (Å²) < 4.78 is 14.2. The Bertz CT molecular complexity index is 456. The number of benzene rings is 1. The summed E-state index contributed by atoms with van der Waals surface area (Å²) in [6.07, 6.45) is 7.18. The van der Waals surface area contributed by atoms with E-state index in [1.807, 2.05) is 0 Å². The number of nitrogens with zero attached hydrogens (tertiary/aromatic N) is 1. The Morgan fingerprint density at radius 3 is 2.50 bits per heavy atom. The third-order valence-electron chi connectivity index (χ3n) is 3.83. The molecule has 96 valence electrons. The number of hydrogen-bond acceptors (Lipinski definition) is 1. The van der Waals surface area contributed by atoms with Crippen LogP contribution in [0.15, 0.2) is 22.7 Å². The van der Waals surface area contributed by atoms with Crippen LogP contribution in [0.25, 0.3) is 0 Å². The van der Waals surface area contributed by atoms with Crippen molar-refractivity contribution < 1.29 is 4.39 Å². The van der Waals surface area contributed by atoms with Crippen LogP contribution in [0.5, 0.6) is 0 Å². The maximum Gasteiger partial charge on any atom is 0.123 e. The lowest BCUT2D eigenvalue weighted by Gasteiger charge is -2.25. The first-order chi connectivity index (χ1) is 8.65. The van der Waals surface area contributed by atoms with Crippen LogP contribution in [0.3, 0.4) is 0 Å². The molecule has 0 N–H and O–H groups in total. The van der Waals surface area contributed by atoms with Crippen LogP contribution in [-0.4, -0.2) is 0 Å². The lowest BCUT2D eigenvalue weighted by molar-refractivity contribution is 0.338. The highest BCUT2D eigenvalue weighted by Gasteiger charge is 2.31. The lowest BCUT2D eigenvalue weighted by Crippen LogP contribution is -2.21. The molecule has 1 nitrogen and oxygen atoms in total. The van der Waals surface area contributed by atoms with E-state index in [1.54, 1.807) is 12.1 Å². The monoisotopic (exact) mass is 309 g/mol. The molecule has 0 unspecified atom stereocenters. The zero-order valence-electron chi connectivity index (χ0n) is 10.4. The molecule has 0 amide bonds. The molecule has 0 radical (unpaired) electrons. The number of nitriles is 1. The minimum absolute atomic E-state index is 0.227. The van der Waals surface area contributed by atoms with Crippen molar-refractivity contribution in [3.05, 3.63) is 34.1 Å². The van der Waals surface area contributed by atoms with Crippen molar-refractivity contribution in [1.82, 2.24) is 0 Å². The lowest BCUT2D eigenvalue weighted by atomic mass is 9.77. The highest BCUT2D eigenvalue weighted by atomic mass is 79.9. The Hall–Kier alpha value is -0.880. The highest BCUT2D eigenvalue weighted by molar-refractivity contribution is 9.10. The SMILES string of the molecule is N#CC1(Cc2cc(F)ccc2Br)CCCCCC1. The van der Waals surface area contributed by atoms with Gasteiger partial charge in [-0.15, -0.1) is 0 Å². The maximum absolute atomic E-state index is 13.3. The van der Waals surface area contributed by atoms with E-state index in [1.165, 1.54) is 18.9 Å². The Morgan fingerprint density at radius 1 is 1.22 bits per heavy atom. The average molecular weight is 310 g/mol. The molecule has 3 heteroatoms. The smallest absolute Gasteiger partial charge is 0.123 e. The summed E-state index contributed by atoms with van der Waals surface area (Å²) >= 11 is 3.45. The summed E-state index contributed by atoms with van der Waals surface area (Å²) in [7, 11) is 0.